The number of benzene rings is 1. The lowest BCUT2D eigenvalue weighted by atomic mass is 10.1. The molecule has 0 fully saturated rings. The molecule has 0 aromatic heterocycles. The van der Waals surface area contributed by atoms with Gasteiger partial charge in [-0.25, -0.2) is 0 Å². The average molecular weight is 233 g/mol. The third kappa shape index (κ3) is 3.50. The lowest BCUT2D eigenvalue weighted by Crippen LogP contribution is -2.22. The van der Waals surface area contributed by atoms with Gasteiger partial charge >= 0.3 is 6.18 Å². The van der Waals surface area contributed by atoms with Gasteiger partial charge in [0.05, 0.1) is 12.2 Å². The van der Waals surface area contributed by atoms with Crippen LogP contribution in [0.2, 0.25) is 0 Å². The third-order valence-corrected chi connectivity index (χ3v) is 2.30. The number of hydrogen-bond donors (Lipinski definition) is 2. The van der Waals surface area contributed by atoms with Gasteiger partial charge in [0.25, 0.3) is 0 Å². The molecule has 0 saturated carbocycles. The summed E-state index contributed by atoms with van der Waals surface area (Å²) in [7, 11) is 0. The smallest absolute Gasteiger partial charge is 0.395 e. The van der Waals surface area contributed by atoms with E-state index in [2.05, 4.69) is 5.32 Å². The first-order valence-electron chi connectivity index (χ1n) is 4.96. The predicted molar refractivity (Wildman–Crippen MR) is 54.9 cm³/mol. The monoisotopic (exact) mass is 233 g/mol. The molecule has 2 N–H and O–H groups in total. The summed E-state index contributed by atoms with van der Waals surface area (Å²) in [6.07, 6.45) is -4.29. The zero-order valence-corrected chi connectivity index (χ0v) is 8.88. The van der Waals surface area contributed by atoms with Crippen molar-refractivity contribution in [3.05, 3.63) is 35.4 Å². The molecule has 2 nitrogen and oxygen atoms in total. The van der Waals surface area contributed by atoms with Crippen LogP contribution in [-0.2, 0) is 6.18 Å². The van der Waals surface area contributed by atoms with E-state index in [0.717, 1.165) is 17.7 Å². The number of hydrogen-bond acceptors (Lipinski definition) is 2. The molecule has 0 saturated heterocycles. The summed E-state index contributed by atoms with van der Waals surface area (Å²) < 4.78 is 36.8. The van der Waals surface area contributed by atoms with E-state index in [-0.39, 0.29) is 12.6 Å². The van der Waals surface area contributed by atoms with Crippen molar-refractivity contribution >= 4 is 0 Å². The summed E-state index contributed by atoms with van der Waals surface area (Å²) in [5, 5.41) is 11.6. The quantitative estimate of drug-likeness (QED) is 0.836. The minimum Gasteiger partial charge on any atom is -0.395 e. The van der Waals surface area contributed by atoms with Crippen molar-refractivity contribution in [2.24, 2.45) is 0 Å². The highest BCUT2D eigenvalue weighted by Crippen LogP contribution is 2.29. The van der Waals surface area contributed by atoms with Crippen LogP contribution in [0.5, 0.6) is 0 Å². The van der Waals surface area contributed by atoms with E-state index in [0.29, 0.717) is 6.54 Å². The van der Waals surface area contributed by atoms with Gasteiger partial charge in [-0.3, -0.25) is 0 Å². The Morgan fingerprint density at radius 2 is 1.81 bits per heavy atom. The molecule has 1 aromatic carbocycles. The number of aliphatic hydroxyl groups is 1. The number of alkyl halides is 3. The van der Waals surface area contributed by atoms with Crippen LogP contribution in [0, 0.1) is 0 Å². The summed E-state index contributed by atoms with van der Waals surface area (Å²) in [6, 6.07) is 4.93. The number of aliphatic hydroxyl groups excluding tert-OH is 1. The Morgan fingerprint density at radius 1 is 1.25 bits per heavy atom. The maximum Gasteiger partial charge on any atom is 0.416 e. The Hall–Kier alpha value is -1.07. The minimum absolute atomic E-state index is 0.00494. The van der Waals surface area contributed by atoms with E-state index in [1.165, 1.54) is 12.1 Å². The second kappa shape index (κ2) is 5.32. The van der Waals surface area contributed by atoms with Gasteiger partial charge in [-0.15, -0.1) is 0 Å². The van der Waals surface area contributed by atoms with Crippen LogP contribution in [-0.4, -0.2) is 18.3 Å². The Kier molecular flexibility index (Phi) is 4.32. The summed E-state index contributed by atoms with van der Waals surface area (Å²) in [4.78, 5) is 0. The maximum absolute atomic E-state index is 12.3. The molecule has 0 bridgehead atoms. The highest BCUT2D eigenvalue weighted by molar-refractivity contribution is 5.26. The van der Waals surface area contributed by atoms with E-state index in [9.17, 15) is 13.2 Å². The van der Waals surface area contributed by atoms with Gasteiger partial charge in [0.15, 0.2) is 0 Å². The second-order valence-electron chi connectivity index (χ2n) is 3.52. The molecule has 0 aliphatic carbocycles. The maximum atomic E-state index is 12.3. The molecule has 0 heterocycles. The van der Waals surface area contributed by atoms with Crippen molar-refractivity contribution in [1.82, 2.24) is 5.32 Å². The standard InChI is InChI=1S/C11H14F3NO/c1-8(15-6-7-16)9-2-4-10(5-3-9)11(12,13)14/h2-5,8,15-16H,6-7H2,1H3. The predicted octanol–water partition coefficient (Wildman–Crippen LogP) is 2.35. The van der Waals surface area contributed by atoms with Crippen LogP contribution in [0.15, 0.2) is 24.3 Å². The lowest BCUT2D eigenvalue weighted by molar-refractivity contribution is -0.137. The summed E-state index contributed by atoms with van der Waals surface area (Å²) >= 11 is 0. The molecule has 1 aromatic rings. The van der Waals surface area contributed by atoms with Gasteiger partial charge in [-0.2, -0.15) is 13.2 Å². The van der Waals surface area contributed by atoms with E-state index < -0.39 is 11.7 Å². The van der Waals surface area contributed by atoms with Gasteiger partial charge in [0.2, 0.25) is 0 Å². The molecule has 1 rings (SSSR count). The topological polar surface area (TPSA) is 32.3 Å². The van der Waals surface area contributed by atoms with E-state index in [1.807, 2.05) is 6.92 Å². The van der Waals surface area contributed by atoms with Crippen LogP contribution in [0.1, 0.15) is 24.1 Å². The Bertz CT molecular complexity index is 321. The molecule has 0 amide bonds. The summed E-state index contributed by atoms with van der Waals surface area (Å²) in [5.74, 6) is 0. The molecule has 16 heavy (non-hydrogen) atoms. The van der Waals surface area contributed by atoms with E-state index in [4.69, 9.17) is 5.11 Å². The molecular weight excluding hydrogens is 219 g/mol. The van der Waals surface area contributed by atoms with Crippen molar-refractivity contribution in [2.75, 3.05) is 13.2 Å². The highest BCUT2D eigenvalue weighted by atomic mass is 19.4. The zero-order chi connectivity index (χ0) is 12.2. The van der Waals surface area contributed by atoms with E-state index in [1.54, 1.807) is 0 Å². The average Bonchev–Trinajstić information content (AvgIpc) is 2.25. The van der Waals surface area contributed by atoms with Crippen LogP contribution < -0.4 is 5.32 Å². The number of halogens is 3. The summed E-state index contributed by atoms with van der Waals surface area (Å²) in [5.41, 5.74) is 0.118. The van der Waals surface area contributed by atoms with Gasteiger partial charge in [0.1, 0.15) is 0 Å². The fraction of sp³-hybridized carbons (Fsp3) is 0.455. The molecular formula is C11H14F3NO. The minimum atomic E-state index is -4.29. The Morgan fingerprint density at radius 3 is 2.25 bits per heavy atom. The van der Waals surface area contributed by atoms with E-state index >= 15 is 0 Å². The molecule has 5 heteroatoms. The van der Waals surface area contributed by atoms with Gasteiger partial charge in [0, 0.05) is 12.6 Å². The van der Waals surface area contributed by atoms with Crippen LogP contribution >= 0.6 is 0 Å². The van der Waals surface area contributed by atoms with Gasteiger partial charge in [-0.1, -0.05) is 12.1 Å². The number of rotatable bonds is 4. The van der Waals surface area contributed by atoms with Crippen LogP contribution in [0.3, 0.4) is 0 Å². The zero-order valence-electron chi connectivity index (χ0n) is 8.88. The first-order chi connectivity index (χ1) is 7.45. The van der Waals surface area contributed by atoms with Crippen molar-refractivity contribution in [3.8, 4) is 0 Å². The molecule has 1 atom stereocenters. The van der Waals surface area contributed by atoms with Crippen molar-refractivity contribution in [3.63, 3.8) is 0 Å². The molecule has 0 spiro atoms. The number of nitrogens with one attached hydrogen (secondary N) is 1. The van der Waals surface area contributed by atoms with Gasteiger partial charge in [-0.05, 0) is 24.6 Å². The SMILES string of the molecule is CC(NCCO)c1ccc(C(F)(F)F)cc1. The highest BCUT2D eigenvalue weighted by Gasteiger charge is 2.30. The third-order valence-electron chi connectivity index (χ3n) is 2.30. The molecule has 90 valence electrons. The van der Waals surface area contributed by atoms with Gasteiger partial charge < -0.3 is 10.4 Å². The molecule has 0 aliphatic rings. The molecule has 1 unspecified atom stereocenters. The Labute approximate surface area is 92.1 Å². The lowest BCUT2D eigenvalue weighted by Gasteiger charge is -2.14. The molecule has 0 aliphatic heterocycles. The fourth-order valence-corrected chi connectivity index (χ4v) is 1.36. The summed E-state index contributed by atoms with van der Waals surface area (Å²) in [6.45, 7) is 2.26. The van der Waals surface area contributed by atoms with Crippen LogP contribution in [0.25, 0.3) is 0 Å². The van der Waals surface area contributed by atoms with Crippen molar-refractivity contribution < 1.29 is 18.3 Å². The first kappa shape index (κ1) is 13.0. The molecule has 0 radical (unpaired) electrons. The first-order valence-corrected chi connectivity index (χ1v) is 4.96. The largest absolute Gasteiger partial charge is 0.416 e. The fourth-order valence-electron chi connectivity index (χ4n) is 1.36. The van der Waals surface area contributed by atoms with Crippen LogP contribution in [0.4, 0.5) is 13.2 Å². The van der Waals surface area contributed by atoms with Crippen molar-refractivity contribution in [1.29, 1.82) is 0 Å². The normalized spacial score (nSPS) is 13.8. The Balaban J connectivity index is 2.71. The van der Waals surface area contributed by atoms with Crippen molar-refractivity contribution in [2.45, 2.75) is 19.1 Å². The second-order valence-corrected chi connectivity index (χ2v) is 3.52.